The van der Waals surface area contributed by atoms with Crippen LogP contribution in [-0.2, 0) is 6.54 Å². The number of nitrogens with one attached hydrogen (secondary N) is 1. The van der Waals surface area contributed by atoms with Crippen LogP contribution < -0.4 is 21.3 Å². The first kappa shape index (κ1) is 27.1. The number of halogens is 2. The number of aromatic nitrogens is 3. The van der Waals surface area contributed by atoms with Crippen LogP contribution in [0.5, 0.6) is 11.8 Å². The Balaban J connectivity index is 1.44. The van der Waals surface area contributed by atoms with Crippen molar-refractivity contribution < 1.29 is 23.1 Å². The van der Waals surface area contributed by atoms with Crippen LogP contribution in [0.2, 0.25) is 0 Å². The van der Waals surface area contributed by atoms with Crippen molar-refractivity contribution in [2.45, 2.75) is 20.4 Å². The van der Waals surface area contributed by atoms with E-state index in [0.717, 1.165) is 12.1 Å². The Labute approximate surface area is 232 Å². The van der Waals surface area contributed by atoms with Gasteiger partial charge in [-0.15, -0.1) is 0 Å². The van der Waals surface area contributed by atoms with Gasteiger partial charge in [-0.1, -0.05) is 6.07 Å². The number of nitrogens with zero attached hydrogens (tertiary/aromatic N) is 3. The minimum atomic E-state index is -0.755. The van der Waals surface area contributed by atoms with E-state index >= 15 is 0 Å². The van der Waals surface area contributed by atoms with Crippen molar-refractivity contribution in [2.75, 3.05) is 0 Å². The van der Waals surface area contributed by atoms with Crippen molar-refractivity contribution in [2.24, 2.45) is 5.73 Å². The number of ether oxygens (including phenoxy) is 1. The lowest BCUT2D eigenvalue weighted by Crippen LogP contribution is -2.23. The average Bonchev–Trinajstić information content (AvgIpc) is 2.93. The van der Waals surface area contributed by atoms with E-state index in [1.165, 1.54) is 34.9 Å². The van der Waals surface area contributed by atoms with Gasteiger partial charge in [0.25, 0.3) is 11.5 Å². The number of benzene rings is 3. The van der Waals surface area contributed by atoms with E-state index < -0.39 is 23.4 Å². The number of amides is 2. The van der Waals surface area contributed by atoms with Gasteiger partial charge in [0, 0.05) is 40.8 Å². The SMILES string of the molecule is Cc1cc(C(N)=O)ccc1Oc1nc(C)c2ccc(=O)n(-c3ccc(C(=O)NCc4ccc(F)cc4F)cc3)c2n1. The number of rotatable bonds is 7. The molecule has 0 aliphatic rings. The van der Waals surface area contributed by atoms with Crippen molar-refractivity contribution >= 4 is 22.8 Å². The van der Waals surface area contributed by atoms with Crippen LogP contribution in [-0.4, -0.2) is 26.3 Å². The van der Waals surface area contributed by atoms with E-state index in [-0.39, 0.29) is 34.9 Å². The molecular formula is C30H23F2N5O4. The van der Waals surface area contributed by atoms with Gasteiger partial charge in [-0.3, -0.25) is 19.0 Å². The summed E-state index contributed by atoms with van der Waals surface area (Å²) in [4.78, 5) is 46.0. The van der Waals surface area contributed by atoms with Gasteiger partial charge in [0.1, 0.15) is 17.4 Å². The highest BCUT2D eigenvalue weighted by Crippen LogP contribution is 2.26. The van der Waals surface area contributed by atoms with Gasteiger partial charge >= 0.3 is 6.01 Å². The lowest BCUT2D eigenvalue weighted by molar-refractivity contribution is 0.0949. The Hall–Kier alpha value is -5.45. The van der Waals surface area contributed by atoms with E-state index in [4.69, 9.17) is 10.5 Å². The molecule has 2 aromatic heterocycles. The Morgan fingerprint density at radius 2 is 1.66 bits per heavy atom. The maximum Gasteiger partial charge on any atom is 0.324 e. The highest BCUT2D eigenvalue weighted by atomic mass is 19.1. The number of aryl methyl sites for hydroxylation is 2. The Morgan fingerprint density at radius 3 is 2.34 bits per heavy atom. The second-order valence-electron chi connectivity index (χ2n) is 9.25. The van der Waals surface area contributed by atoms with E-state index in [0.29, 0.717) is 33.6 Å². The number of primary amides is 1. The van der Waals surface area contributed by atoms with Gasteiger partial charge in [-0.2, -0.15) is 9.97 Å². The maximum atomic E-state index is 13.9. The smallest absolute Gasteiger partial charge is 0.324 e. The Morgan fingerprint density at radius 1 is 0.927 bits per heavy atom. The molecule has 11 heteroatoms. The van der Waals surface area contributed by atoms with Crippen LogP contribution in [0.15, 0.2) is 77.6 Å². The fourth-order valence-electron chi connectivity index (χ4n) is 4.26. The van der Waals surface area contributed by atoms with Gasteiger partial charge in [-0.25, -0.2) is 8.78 Å². The molecule has 0 fully saturated rings. The van der Waals surface area contributed by atoms with Gasteiger partial charge in [-0.05, 0) is 74.0 Å². The first-order valence-corrected chi connectivity index (χ1v) is 12.4. The quantitative estimate of drug-likeness (QED) is 0.304. The number of carbonyl (C=O) groups is 2. The van der Waals surface area contributed by atoms with Crippen molar-refractivity contribution in [3.8, 4) is 17.4 Å². The lowest BCUT2D eigenvalue weighted by Gasteiger charge is -2.13. The second-order valence-corrected chi connectivity index (χ2v) is 9.25. The summed E-state index contributed by atoms with van der Waals surface area (Å²) in [5.41, 5.74) is 7.66. The van der Waals surface area contributed by atoms with Crippen molar-refractivity contribution in [3.05, 3.63) is 123 Å². The van der Waals surface area contributed by atoms with Gasteiger partial charge < -0.3 is 15.8 Å². The summed E-state index contributed by atoms with van der Waals surface area (Å²) in [6.45, 7) is 3.38. The van der Waals surface area contributed by atoms with E-state index in [9.17, 15) is 23.2 Å². The molecule has 3 aromatic carbocycles. The number of fused-ring (bicyclic) bond motifs is 1. The molecule has 0 saturated heterocycles. The van der Waals surface area contributed by atoms with Gasteiger partial charge in [0.15, 0.2) is 5.65 Å². The molecule has 5 aromatic rings. The molecule has 0 radical (unpaired) electrons. The molecule has 0 atom stereocenters. The molecule has 0 saturated carbocycles. The Bertz CT molecular complexity index is 1890. The second kappa shape index (κ2) is 11.0. The molecular weight excluding hydrogens is 532 g/mol. The number of pyridine rings is 1. The van der Waals surface area contributed by atoms with E-state index in [2.05, 4.69) is 15.3 Å². The molecule has 0 aliphatic carbocycles. The summed E-state index contributed by atoms with van der Waals surface area (Å²) in [5.74, 6) is -2.09. The molecule has 3 N–H and O–H groups in total. The summed E-state index contributed by atoms with van der Waals surface area (Å²) in [7, 11) is 0. The van der Waals surface area contributed by atoms with Crippen molar-refractivity contribution in [1.82, 2.24) is 19.9 Å². The summed E-state index contributed by atoms with van der Waals surface area (Å²) in [6.07, 6.45) is 0. The zero-order valence-corrected chi connectivity index (χ0v) is 21.9. The molecule has 0 aliphatic heterocycles. The van der Waals surface area contributed by atoms with Crippen LogP contribution in [0.1, 0.15) is 37.5 Å². The van der Waals surface area contributed by atoms with Crippen LogP contribution in [0.25, 0.3) is 16.7 Å². The topological polar surface area (TPSA) is 129 Å². The largest absolute Gasteiger partial charge is 0.424 e. The number of carbonyl (C=O) groups excluding carboxylic acids is 2. The van der Waals surface area contributed by atoms with Crippen LogP contribution in [0, 0.1) is 25.5 Å². The molecule has 0 spiro atoms. The van der Waals surface area contributed by atoms with Crippen LogP contribution in [0.3, 0.4) is 0 Å². The summed E-state index contributed by atoms with van der Waals surface area (Å²) in [6, 6.07) is 17.1. The first-order valence-electron chi connectivity index (χ1n) is 12.4. The third-order valence-electron chi connectivity index (χ3n) is 6.42. The normalized spacial score (nSPS) is 10.9. The van der Waals surface area contributed by atoms with E-state index in [1.54, 1.807) is 44.2 Å². The summed E-state index contributed by atoms with van der Waals surface area (Å²) in [5, 5.41) is 3.21. The van der Waals surface area contributed by atoms with E-state index in [1.807, 2.05) is 0 Å². The fourth-order valence-corrected chi connectivity index (χ4v) is 4.26. The molecule has 0 bridgehead atoms. The predicted molar refractivity (Wildman–Crippen MR) is 147 cm³/mol. The Kier molecular flexibility index (Phi) is 7.26. The highest BCUT2D eigenvalue weighted by molar-refractivity contribution is 5.94. The van der Waals surface area contributed by atoms with Crippen molar-refractivity contribution in [3.63, 3.8) is 0 Å². The molecule has 41 heavy (non-hydrogen) atoms. The standard InChI is InChI=1S/C30H23F2N5O4/c1-16-13-19(27(33)39)6-11-25(16)41-30-35-17(2)23-10-12-26(38)37(28(23)36-30)22-8-4-18(5-9-22)29(40)34-15-20-3-7-21(31)14-24(20)32/h3-14H,15H2,1-2H3,(H2,33,39)(H,34,40). The predicted octanol–water partition coefficient (Wildman–Crippen LogP) is 4.50. The minimum Gasteiger partial charge on any atom is -0.424 e. The molecule has 2 amide bonds. The van der Waals surface area contributed by atoms with Crippen LogP contribution in [0.4, 0.5) is 8.78 Å². The average molecular weight is 556 g/mol. The minimum absolute atomic E-state index is 0.00621. The number of hydrogen-bond donors (Lipinski definition) is 2. The number of hydrogen-bond acceptors (Lipinski definition) is 6. The lowest BCUT2D eigenvalue weighted by atomic mass is 10.1. The maximum absolute atomic E-state index is 13.9. The molecule has 9 nitrogen and oxygen atoms in total. The fraction of sp³-hybridized carbons (Fsp3) is 0.100. The summed E-state index contributed by atoms with van der Waals surface area (Å²) >= 11 is 0. The molecule has 0 unspecified atom stereocenters. The molecule has 206 valence electrons. The highest BCUT2D eigenvalue weighted by Gasteiger charge is 2.15. The first-order chi connectivity index (χ1) is 19.6. The van der Waals surface area contributed by atoms with Crippen LogP contribution >= 0.6 is 0 Å². The monoisotopic (exact) mass is 555 g/mol. The van der Waals surface area contributed by atoms with Gasteiger partial charge in [0.2, 0.25) is 5.91 Å². The summed E-state index contributed by atoms with van der Waals surface area (Å²) < 4.78 is 34.3. The number of nitrogens with two attached hydrogens (primary N) is 1. The zero-order valence-electron chi connectivity index (χ0n) is 21.9. The third-order valence-corrected chi connectivity index (χ3v) is 6.42. The van der Waals surface area contributed by atoms with Gasteiger partial charge in [0.05, 0.1) is 11.4 Å². The third kappa shape index (κ3) is 5.64. The molecule has 5 rings (SSSR count). The van der Waals surface area contributed by atoms with Crippen molar-refractivity contribution in [1.29, 1.82) is 0 Å². The zero-order chi connectivity index (χ0) is 29.3. The molecule has 2 heterocycles.